The summed E-state index contributed by atoms with van der Waals surface area (Å²) < 4.78 is 0. The van der Waals surface area contributed by atoms with Gasteiger partial charge in [-0.1, -0.05) is 11.8 Å². The second-order valence-electron chi connectivity index (χ2n) is 3.22. The molecule has 1 aromatic carbocycles. The predicted octanol–water partition coefficient (Wildman–Crippen LogP) is 1.14. The van der Waals surface area contributed by atoms with Crippen molar-refractivity contribution in [2.75, 3.05) is 18.9 Å². The number of primary amides is 1. The molecule has 4 nitrogen and oxygen atoms in total. The fourth-order valence-corrected chi connectivity index (χ4v) is 1.13. The molecule has 0 saturated heterocycles. The number of benzene rings is 1. The second kappa shape index (κ2) is 6.49. The summed E-state index contributed by atoms with van der Waals surface area (Å²) in [5.74, 6) is 6.06. The van der Waals surface area contributed by atoms with E-state index in [1.807, 2.05) is 19.2 Å². The van der Waals surface area contributed by atoms with Crippen molar-refractivity contribution in [2.45, 2.75) is 6.42 Å². The zero-order valence-electron chi connectivity index (χ0n) is 9.21. The molecule has 0 aliphatic carbocycles. The van der Waals surface area contributed by atoms with Crippen molar-refractivity contribution < 1.29 is 4.79 Å². The van der Waals surface area contributed by atoms with Gasteiger partial charge in [-0.2, -0.15) is 0 Å². The van der Waals surface area contributed by atoms with Crippen molar-refractivity contribution in [1.29, 1.82) is 0 Å². The largest absolute Gasteiger partial charge is 0.351 e. The summed E-state index contributed by atoms with van der Waals surface area (Å²) in [7, 11) is 1.89. The van der Waals surface area contributed by atoms with Crippen molar-refractivity contribution in [1.82, 2.24) is 5.32 Å². The Labute approximate surface area is 95.2 Å². The average Bonchev–Trinajstić information content (AvgIpc) is 2.26. The minimum absolute atomic E-state index is 0.562. The zero-order valence-corrected chi connectivity index (χ0v) is 9.21. The molecule has 0 aliphatic rings. The summed E-state index contributed by atoms with van der Waals surface area (Å²) >= 11 is 0. The monoisotopic (exact) mass is 217 g/mol. The van der Waals surface area contributed by atoms with Gasteiger partial charge in [-0.25, -0.2) is 4.79 Å². The van der Waals surface area contributed by atoms with Crippen LogP contribution in [-0.2, 0) is 0 Å². The highest BCUT2D eigenvalue weighted by Crippen LogP contribution is 2.07. The highest BCUT2D eigenvalue weighted by molar-refractivity contribution is 5.87. The van der Waals surface area contributed by atoms with Crippen LogP contribution in [0.2, 0.25) is 0 Å². The molecule has 0 heterocycles. The first-order valence-corrected chi connectivity index (χ1v) is 5.02. The van der Waals surface area contributed by atoms with E-state index in [0.717, 1.165) is 18.5 Å². The maximum atomic E-state index is 10.6. The first-order chi connectivity index (χ1) is 7.72. The second-order valence-corrected chi connectivity index (χ2v) is 3.22. The molecule has 0 bridgehead atoms. The third-order valence-electron chi connectivity index (χ3n) is 1.89. The Hall–Kier alpha value is -1.99. The van der Waals surface area contributed by atoms with Crippen molar-refractivity contribution in [3.8, 4) is 11.8 Å². The summed E-state index contributed by atoms with van der Waals surface area (Å²) in [4.78, 5) is 10.6. The number of rotatable bonds is 3. The molecular weight excluding hydrogens is 202 g/mol. The summed E-state index contributed by atoms with van der Waals surface area (Å²) in [6.07, 6.45) is 0.817. The molecule has 0 spiro atoms. The van der Waals surface area contributed by atoms with E-state index in [-0.39, 0.29) is 0 Å². The SMILES string of the molecule is CNCCC#Cc1ccc(NC(N)=O)cc1. The highest BCUT2D eigenvalue weighted by atomic mass is 16.2. The predicted molar refractivity (Wildman–Crippen MR) is 65.1 cm³/mol. The Balaban J connectivity index is 2.56. The minimum atomic E-state index is -0.562. The lowest BCUT2D eigenvalue weighted by molar-refractivity contribution is 0.259. The van der Waals surface area contributed by atoms with Crippen LogP contribution < -0.4 is 16.4 Å². The van der Waals surface area contributed by atoms with Crippen molar-refractivity contribution >= 4 is 11.7 Å². The summed E-state index contributed by atoms with van der Waals surface area (Å²) in [5, 5.41) is 5.51. The van der Waals surface area contributed by atoms with Gasteiger partial charge in [0.1, 0.15) is 0 Å². The quantitative estimate of drug-likeness (QED) is 0.525. The fraction of sp³-hybridized carbons (Fsp3) is 0.250. The van der Waals surface area contributed by atoms with Gasteiger partial charge in [0.05, 0.1) is 0 Å². The van der Waals surface area contributed by atoms with E-state index < -0.39 is 6.03 Å². The standard InChI is InChI=1S/C12H15N3O/c1-14-9-3-2-4-10-5-7-11(8-6-10)15-12(13)16/h5-8,14H,3,9H2,1H3,(H3,13,15,16). The molecule has 0 aromatic heterocycles. The maximum Gasteiger partial charge on any atom is 0.316 e. The number of hydrogen-bond acceptors (Lipinski definition) is 2. The Morgan fingerprint density at radius 1 is 1.38 bits per heavy atom. The van der Waals surface area contributed by atoms with Gasteiger partial charge in [0.2, 0.25) is 0 Å². The van der Waals surface area contributed by atoms with Crippen molar-refractivity contribution in [3.05, 3.63) is 29.8 Å². The lowest BCUT2D eigenvalue weighted by Crippen LogP contribution is -2.19. The van der Waals surface area contributed by atoms with Gasteiger partial charge in [-0.15, -0.1) is 0 Å². The van der Waals surface area contributed by atoms with E-state index in [2.05, 4.69) is 22.5 Å². The number of hydrogen-bond donors (Lipinski definition) is 3. The zero-order chi connectivity index (χ0) is 11.8. The van der Waals surface area contributed by atoms with E-state index in [9.17, 15) is 4.79 Å². The molecule has 1 aromatic rings. The van der Waals surface area contributed by atoms with Crippen LogP contribution in [0, 0.1) is 11.8 Å². The third kappa shape index (κ3) is 4.49. The molecule has 4 N–H and O–H groups in total. The molecule has 0 radical (unpaired) electrons. The number of carbonyl (C=O) groups is 1. The lowest BCUT2D eigenvalue weighted by Gasteiger charge is -2.00. The molecular formula is C12H15N3O. The van der Waals surface area contributed by atoms with Crippen LogP contribution in [0.15, 0.2) is 24.3 Å². The third-order valence-corrected chi connectivity index (χ3v) is 1.89. The van der Waals surface area contributed by atoms with Gasteiger partial charge < -0.3 is 16.4 Å². The molecule has 84 valence electrons. The topological polar surface area (TPSA) is 67.2 Å². The highest BCUT2D eigenvalue weighted by Gasteiger charge is 1.94. The van der Waals surface area contributed by atoms with Crippen molar-refractivity contribution in [2.24, 2.45) is 5.73 Å². The molecule has 1 rings (SSSR count). The van der Waals surface area contributed by atoms with E-state index in [0.29, 0.717) is 5.69 Å². The van der Waals surface area contributed by atoms with Gasteiger partial charge in [-0.05, 0) is 31.3 Å². The molecule has 0 aliphatic heterocycles. The van der Waals surface area contributed by atoms with Gasteiger partial charge >= 0.3 is 6.03 Å². The smallest absolute Gasteiger partial charge is 0.316 e. The van der Waals surface area contributed by atoms with Crippen LogP contribution in [0.25, 0.3) is 0 Å². The Kier molecular flexibility index (Phi) is 4.90. The Morgan fingerprint density at radius 3 is 2.62 bits per heavy atom. The number of amides is 2. The number of urea groups is 1. The van der Waals surface area contributed by atoms with Crippen molar-refractivity contribution in [3.63, 3.8) is 0 Å². The van der Waals surface area contributed by atoms with E-state index in [1.54, 1.807) is 12.1 Å². The Morgan fingerprint density at radius 2 is 2.06 bits per heavy atom. The molecule has 16 heavy (non-hydrogen) atoms. The molecule has 2 amide bonds. The molecule has 0 atom stereocenters. The van der Waals surface area contributed by atoms with E-state index in [1.165, 1.54) is 0 Å². The number of nitrogens with two attached hydrogens (primary N) is 1. The van der Waals surface area contributed by atoms with Crippen LogP contribution in [0.3, 0.4) is 0 Å². The number of carbonyl (C=O) groups excluding carboxylic acids is 1. The van der Waals surface area contributed by atoms with Crippen LogP contribution in [0.4, 0.5) is 10.5 Å². The fourth-order valence-electron chi connectivity index (χ4n) is 1.13. The van der Waals surface area contributed by atoms with Gasteiger partial charge in [0.15, 0.2) is 0 Å². The van der Waals surface area contributed by atoms with Crippen LogP contribution in [-0.4, -0.2) is 19.6 Å². The van der Waals surface area contributed by atoms with Crippen LogP contribution in [0.1, 0.15) is 12.0 Å². The van der Waals surface area contributed by atoms with Gasteiger partial charge in [-0.3, -0.25) is 0 Å². The molecule has 0 fully saturated rings. The normalized spacial score (nSPS) is 9.06. The van der Waals surface area contributed by atoms with Crippen LogP contribution >= 0.6 is 0 Å². The van der Waals surface area contributed by atoms with E-state index >= 15 is 0 Å². The first-order valence-electron chi connectivity index (χ1n) is 5.02. The summed E-state index contributed by atoms with van der Waals surface area (Å²) in [6.45, 7) is 0.883. The van der Waals surface area contributed by atoms with Crippen LogP contribution in [0.5, 0.6) is 0 Å². The number of anilines is 1. The van der Waals surface area contributed by atoms with Gasteiger partial charge in [0, 0.05) is 24.2 Å². The average molecular weight is 217 g/mol. The van der Waals surface area contributed by atoms with E-state index in [4.69, 9.17) is 5.73 Å². The summed E-state index contributed by atoms with van der Waals surface area (Å²) in [6, 6.07) is 6.67. The summed E-state index contributed by atoms with van der Waals surface area (Å²) in [5.41, 5.74) is 6.59. The number of nitrogens with one attached hydrogen (secondary N) is 2. The molecule has 0 saturated carbocycles. The minimum Gasteiger partial charge on any atom is -0.351 e. The molecule has 4 heteroatoms. The molecule has 0 unspecified atom stereocenters. The first kappa shape index (κ1) is 12.1. The lowest BCUT2D eigenvalue weighted by atomic mass is 10.2. The Bertz CT molecular complexity index is 401. The van der Waals surface area contributed by atoms with Gasteiger partial charge in [0.25, 0.3) is 0 Å². The maximum absolute atomic E-state index is 10.6.